The second kappa shape index (κ2) is 11.6. The van der Waals surface area contributed by atoms with Crippen molar-refractivity contribution in [3.8, 4) is 11.5 Å². The van der Waals surface area contributed by atoms with Gasteiger partial charge < -0.3 is 20.1 Å². The Hall–Kier alpha value is -3.50. The molecule has 0 atom stereocenters. The lowest BCUT2D eigenvalue weighted by molar-refractivity contribution is 0.405. The lowest BCUT2D eigenvalue weighted by atomic mass is 10.2. The molecule has 0 aliphatic rings. The summed E-state index contributed by atoms with van der Waals surface area (Å²) in [6, 6.07) is 11.2. The molecule has 1 aromatic heterocycles. The van der Waals surface area contributed by atoms with Gasteiger partial charge in [-0.3, -0.25) is 5.32 Å². The van der Waals surface area contributed by atoms with Gasteiger partial charge in [0.25, 0.3) is 0 Å². The maximum atomic E-state index is 13.2. The maximum absolute atomic E-state index is 13.2. The van der Waals surface area contributed by atoms with Crippen LogP contribution in [-0.4, -0.2) is 35.3 Å². The molecule has 0 fully saturated rings. The lowest BCUT2D eigenvalue weighted by Crippen LogP contribution is -2.39. The number of hydrogen-bond acceptors (Lipinski definition) is 6. The van der Waals surface area contributed by atoms with Gasteiger partial charge in [-0.1, -0.05) is 23.7 Å². The highest BCUT2D eigenvalue weighted by molar-refractivity contribution is 7.80. The predicted molar refractivity (Wildman–Crippen MR) is 137 cm³/mol. The molecule has 3 N–H and O–H groups in total. The highest BCUT2D eigenvalue weighted by atomic mass is 35.5. The number of anilines is 2. The van der Waals surface area contributed by atoms with Crippen molar-refractivity contribution in [2.75, 3.05) is 24.9 Å². The minimum atomic E-state index is -0.314. The molecule has 3 rings (SSSR count). The van der Waals surface area contributed by atoms with Gasteiger partial charge in [-0.05, 0) is 49.8 Å². The molecule has 0 radical (unpaired) electrons. The molecule has 8 nitrogen and oxygen atoms in total. The fourth-order valence-electron chi connectivity index (χ4n) is 2.98. The zero-order valence-electron chi connectivity index (χ0n) is 19.1. The summed E-state index contributed by atoms with van der Waals surface area (Å²) < 4.78 is 23.9. The molecular weight excluding hydrogens is 479 g/mol. The van der Waals surface area contributed by atoms with E-state index in [9.17, 15) is 4.39 Å². The summed E-state index contributed by atoms with van der Waals surface area (Å²) in [6.07, 6.45) is 0. The molecule has 0 spiro atoms. The van der Waals surface area contributed by atoms with Gasteiger partial charge >= 0.3 is 0 Å². The van der Waals surface area contributed by atoms with Gasteiger partial charge in [-0.2, -0.15) is 0 Å². The topological polar surface area (TPSA) is 92.7 Å². The largest absolute Gasteiger partial charge is 0.495 e. The van der Waals surface area contributed by atoms with Crippen LogP contribution in [0.4, 0.5) is 16.0 Å². The standard InChI is InChI=1S/C23H24ClFN6O2S/c1-13-9-14(2)28-22(27-13)30-21(26-12-15-5-7-16(25)8-6-15)31-23(34)29-18-11-19(32-3)17(24)10-20(18)33-4/h5-11H,12H2,1-4H3,(H3,26,27,28,29,30,31,34). The fraction of sp³-hybridized carbons (Fsp3) is 0.217. The van der Waals surface area contributed by atoms with E-state index < -0.39 is 0 Å². The Morgan fingerprint density at radius 1 is 1.00 bits per heavy atom. The van der Waals surface area contributed by atoms with Crippen LogP contribution in [0.5, 0.6) is 11.5 Å². The van der Waals surface area contributed by atoms with E-state index in [1.54, 1.807) is 24.3 Å². The normalized spacial score (nSPS) is 11.1. The molecule has 0 saturated heterocycles. The van der Waals surface area contributed by atoms with Gasteiger partial charge in [0.1, 0.15) is 17.3 Å². The Kier molecular flexibility index (Phi) is 8.55. The van der Waals surface area contributed by atoms with E-state index >= 15 is 0 Å². The van der Waals surface area contributed by atoms with E-state index in [1.807, 2.05) is 19.9 Å². The van der Waals surface area contributed by atoms with E-state index in [2.05, 4.69) is 30.9 Å². The molecule has 0 bridgehead atoms. The van der Waals surface area contributed by atoms with Crippen molar-refractivity contribution in [1.82, 2.24) is 15.3 Å². The smallest absolute Gasteiger partial charge is 0.229 e. The molecule has 0 amide bonds. The summed E-state index contributed by atoms with van der Waals surface area (Å²) in [5.74, 6) is 1.28. The number of halogens is 2. The van der Waals surface area contributed by atoms with E-state index in [0.29, 0.717) is 34.1 Å². The van der Waals surface area contributed by atoms with Gasteiger partial charge in [-0.15, -0.1) is 0 Å². The molecule has 0 aliphatic heterocycles. The number of thiocarbonyl (C=S) groups is 1. The third-order valence-corrected chi connectivity index (χ3v) is 5.00. The molecule has 2 aromatic carbocycles. The van der Waals surface area contributed by atoms with Crippen LogP contribution < -0.4 is 25.4 Å². The number of nitrogens with one attached hydrogen (secondary N) is 3. The zero-order chi connectivity index (χ0) is 24.7. The molecule has 11 heteroatoms. The number of aryl methyl sites for hydroxylation is 2. The Labute approximate surface area is 207 Å². The van der Waals surface area contributed by atoms with Gasteiger partial charge in [0.2, 0.25) is 11.9 Å². The maximum Gasteiger partial charge on any atom is 0.229 e. The molecular formula is C23H24ClFN6O2S. The number of rotatable bonds is 6. The Balaban J connectivity index is 1.83. The number of guanidine groups is 1. The number of aromatic nitrogens is 2. The van der Waals surface area contributed by atoms with E-state index in [0.717, 1.165) is 17.0 Å². The summed E-state index contributed by atoms with van der Waals surface area (Å²) in [5.41, 5.74) is 2.95. The second-order valence-electron chi connectivity index (χ2n) is 7.16. The van der Waals surface area contributed by atoms with Crippen molar-refractivity contribution in [2.45, 2.75) is 20.4 Å². The monoisotopic (exact) mass is 502 g/mol. The summed E-state index contributed by atoms with van der Waals surface area (Å²) >= 11 is 11.7. The lowest BCUT2D eigenvalue weighted by Gasteiger charge is -2.17. The first kappa shape index (κ1) is 25.1. The molecule has 1 heterocycles. The number of methoxy groups -OCH3 is 2. The molecule has 3 aromatic rings. The van der Waals surface area contributed by atoms with Gasteiger partial charge in [0, 0.05) is 23.5 Å². The molecule has 0 unspecified atom stereocenters. The number of hydrogen-bond donors (Lipinski definition) is 3. The number of benzene rings is 2. The van der Waals surface area contributed by atoms with Crippen molar-refractivity contribution in [3.63, 3.8) is 0 Å². The first-order valence-corrected chi connectivity index (χ1v) is 10.9. The fourth-order valence-corrected chi connectivity index (χ4v) is 3.41. The Morgan fingerprint density at radius 2 is 1.65 bits per heavy atom. The Bertz CT molecular complexity index is 1190. The molecule has 0 saturated carbocycles. The minimum Gasteiger partial charge on any atom is -0.495 e. The van der Waals surface area contributed by atoms with Crippen LogP contribution in [0.3, 0.4) is 0 Å². The van der Waals surface area contributed by atoms with Crippen LogP contribution in [0.2, 0.25) is 5.02 Å². The van der Waals surface area contributed by atoms with Crippen molar-refractivity contribution >= 4 is 46.5 Å². The van der Waals surface area contributed by atoms with E-state index in [-0.39, 0.29) is 17.5 Å². The van der Waals surface area contributed by atoms with E-state index in [4.69, 9.17) is 33.3 Å². The first-order valence-electron chi connectivity index (χ1n) is 10.1. The van der Waals surface area contributed by atoms with Crippen LogP contribution in [0.25, 0.3) is 0 Å². The van der Waals surface area contributed by atoms with Gasteiger partial charge in [0.05, 0.1) is 31.5 Å². The van der Waals surface area contributed by atoms with Crippen molar-refractivity contribution in [3.05, 3.63) is 70.3 Å². The van der Waals surface area contributed by atoms with Crippen LogP contribution in [0.15, 0.2) is 47.5 Å². The first-order chi connectivity index (χ1) is 16.3. The highest BCUT2D eigenvalue weighted by Crippen LogP contribution is 2.35. The SMILES string of the molecule is COc1cc(NC(=S)NC(=NCc2ccc(F)cc2)Nc2nc(C)cc(C)n2)c(OC)cc1Cl. The van der Waals surface area contributed by atoms with Crippen molar-refractivity contribution < 1.29 is 13.9 Å². The van der Waals surface area contributed by atoms with Crippen LogP contribution in [0.1, 0.15) is 17.0 Å². The van der Waals surface area contributed by atoms with Crippen molar-refractivity contribution in [2.24, 2.45) is 4.99 Å². The van der Waals surface area contributed by atoms with Crippen LogP contribution in [-0.2, 0) is 6.54 Å². The van der Waals surface area contributed by atoms with E-state index in [1.165, 1.54) is 26.4 Å². The van der Waals surface area contributed by atoms with Crippen molar-refractivity contribution in [1.29, 1.82) is 0 Å². The summed E-state index contributed by atoms with van der Waals surface area (Å²) in [6.45, 7) is 4.01. The third kappa shape index (κ3) is 7.00. The van der Waals surface area contributed by atoms with Crippen LogP contribution >= 0.6 is 23.8 Å². The quantitative estimate of drug-likeness (QED) is 0.250. The average molecular weight is 503 g/mol. The summed E-state index contributed by atoms with van der Waals surface area (Å²) in [5, 5.41) is 9.75. The minimum absolute atomic E-state index is 0.220. The predicted octanol–water partition coefficient (Wildman–Crippen LogP) is 4.86. The molecule has 178 valence electrons. The summed E-state index contributed by atoms with van der Waals surface area (Å²) in [7, 11) is 3.04. The number of aliphatic imine (C=N–C) groups is 1. The van der Waals surface area contributed by atoms with Gasteiger partial charge in [-0.25, -0.2) is 19.4 Å². The van der Waals surface area contributed by atoms with Gasteiger partial charge in [0.15, 0.2) is 5.11 Å². The third-order valence-electron chi connectivity index (χ3n) is 4.50. The molecule has 34 heavy (non-hydrogen) atoms. The molecule has 0 aliphatic carbocycles. The number of nitrogens with zero attached hydrogens (tertiary/aromatic N) is 3. The average Bonchev–Trinajstić information content (AvgIpc) is 2.78. The second-order valence-corrected chi connectivity index (χ2v) is 7.97. The zero-order valence-corrected chi connectivity index (χ0v) is 20.6. The van der Waals surface area contributed by atoms with Crippen LogP contribution in [0, 0.1) is 19.7 Å². The number of ether oxygens (including phenoxy) is 2. The summed E-state index contributed by atoms with van der Waals surface area (Å²) in [4.78, 5) is 13.3. The Morgan fingerprint density at radius 3 is 2.26 bits per heavy atom. The highest BCUT2D eigenvalue weighted by Gasteiger charge is 2.13.